The quantitative estimate of drug-likeness (QED) is 0.594. The van der Waals surface area contributed by atoms with Crippen molar-refractivity contribution in [1.82, 2.24) is 19.9 Å². The number of aromatic hydroxyl groups is 1. The third-order valence-electron chi connectivity index (χ3n) is 4.91. The summed E-state index contributed by atoms with van der Waals surface area (Å²) in [5.74, 6) is -0.993. The lowest BCUT2D eigenvalue weighted by molar-refractivity contribution is -0.125. The number of nitrogens with zero attached hydrogens (tertiary/aromatic N) is 2. The Bertz CT molecular complexity index is 817. The predicted molar refractivity (Wildman–Crippen MR) is 104 cm³/mol. The molecule has 3 N–H and O–H groups in total. The van der Waals surface area contributed by atoms with Gasteiger partial charge < -0.3 is 15.7 Å². The van der Waals surface area contributed by atoms with Crippen LogP contribution in [0.15, 0.2) is 12.3 Å². The zero-order valence-electron chi connectivity index (χ0n) is 16.4. The van der Waals surface area contributed by atoms with E-state index in [0.717, 1.165) is 4.31 Å². The Hall–Kier alpha value is -2.20. The maximum Gasteiger partial charge on any atom is 0.255 e. The molecule has 1 heterocycles. The van der Waals surface area contributed by atoms with E-state index in [9.17, 15) is 23.1 Å². The molecule has 1 fully saturated rings. The molecule has 1 aromatic heterocycles. The second-order valence-corrected chi connectivity index (χ2v) is 9.56. The van der Waals surface area contributed by atoms with Crippen LogP contribution in [0.25, 0.3) is 0 Å². The van der Waals surface area contributed by atoms with E-state index in [-0.39, 0.29) is 47.4 Å². The summed E-state index contributed by atoms with van der Waals surface area (Å²) in [5, 5.41) is 15.4. The number of hydrogen-bond acceptors (Lipinski definition) is 6. The Balaban J connectivity index is 1.78. The number of carbonyl (C=O) groups is 2. The fourth-order valence-corrected chi connectivity index (χ4v) is 3.85. The molecule has 1 aliphatic carbocycles. The van der Waals surface area contributed by atoms with Crippen LogP contribution < -0.4 is 10.6 Å². The first kappa shape index (κ1) is 22.1. The fourth-order valence-electron chi connectivity index (χ4n) is 3.13. The van der Waals surface area contributed by atoms with E-state index in [1.54, 1.807) is 6.92 Å². The molecule has 28 heavy (non-hydrogen) atoms. The maximum atomic E-state index is 12.4. The Kier molecular flexibility index (Phi) is 7.36. The zero-order chi connectivity index (χ0) is 20.9. The lowest BCUT2D eigenvalue weighted by atomic mass is 9.85. The van der Waals surface area contributed by atoms with E-state index < -0.39 is 10.0 Å². The van der Waals surface area contributed by atoms with Crippen LogP contribution in [0.1, 0.15) is 41.7 Å². The monoisotopic (exact) mass is 412 g/mol. The van der Waals surface area contributed by atoms with Gasteiger partial charge in [-0.3, -0.25) is 14.6 Å². The van der Waals surface area contributed by atoms with Crippen LogP contribution in [0.2, 0.25) is 0 Å². The molecule has 156 valence electrons. The molecule has 1 saturated carbocycles. The Morgan fingerprint density at radius 3 is 2.50 bits per heavy atom. The summed E-state index contributed by atoms with van der Waals surface area (Å²) in [5.41, 5.74) is 0.828. The molecule has 2 amide bonds. The highest BCUT2D eigenvalue weighted by atomic mass is 32.2. The highest BCUT2D eigenvalue weighted by molar-refractivity contribution is 7.89. The smallest absolute Gasteiger partial charge is 0.255 e. The van der Waals surface area contributed by atoms with Crippen LogP contribution in [0.4, 0.5) is 0 Å². The Morgan fingerprint density at radius 1 is 1.25 bits per heavy atom. The van der Waals surface area contributed by atoms with Gasteiger partial charge in [-0.05, 0) is 38.7 Å². The molecule has 1 aromatic rings. The summed E-state index contributed by atoms with van der Waals surface area (Å²) < 4.78 is 24.6. The molecule has 10 heteroatoms. The molecule has 0 saturated heterocycles. The largest absolute Gasteiger partial charge is 0.505 e. The predicted octanol–water partition coefficient (Wildman–Crippen LogP) is 0.392. The minimum atomic E-state index is -3.33. The lowest BCUT2D eigenvalue weighted by Crippen LogP contribution is -2.42. The van der Waals surface area contributed by atoms with Crippen molar-refractivity contribution in [2.24, 2.45) is 5.92 Å². The highest BCUT2D eigenvalue weighted by Crippen LogP contribution is 2.25. The van der Waals surface area contributed by atoms with Gasteiger partial charge in [0, 0.05) is 38.3 Å². The number of hydrogen-bond donors (Lipinski definition) is 3. The third-order valence-corrected chi connectivity index (χ3v) is 6.75. The van der Waals surface area contributed by atoms with Crippen molar-refractivity contribution < 1.29 is 23.1 Å². The van der Waals surface area contributed by atoms with Gasteiger partial charge in [-0.25, -0.2) is 12.7 Å². The first-order valence-electron chi connectivity index (χ1n) is 9.24. The van der Waals surface area contributed by atoms with Crippen molar-refractivity contribution in [3.63, 3.8) is 0 Å². The van der Waals surface area contributed by atoms with E-state index >= 15 is 0 Å². The van der Waals surface area contributed by atoms with Gasteiger partial charge in [-0.15, -0.1) is 0 Å². The number of carbonyl (C=O) groups excluding carboxylic acids is 2. The van der Waals surface area contributed by atoms with E-state index in [1.807, 2.05) is 0 Å². The summed E-state index contributed by atoms with van der Waals surface area (Å²) >= 11 is 0. The number of nitrogens with one attached hydrogen (secondary N) is 2. The first-order chi connectivity index (χ1) is 13.1. The normalized spacial score (nSPS) is 20.0. The van der Waals surface area contributed by atoms with Gasteiger partial charge in [-0.1, -0.05) is 0 Å². The Morgan fingerprint density at radius 2 is 1.89 bits per heavy atom. The van der Waals surface area contributed by atoms with Gasteiger partial charge in [0.2, 0.25) is 15.9 Å². The molecule has 1 aliphatic rings. The average molecular weight is 413 g/mol. The molecule has 0 aromatic carbocycles. The van der Waals surface area contributed by atoms with Crippen molar-refractivity contribution in [2.75, 3.05) is 26.4 Å². The molecule has 2 rings (SSSR count). The van der Waals surface area contributed by atoms with Crippen LogP contribution in [-0.4, -0.2) is 67.1 Å². The number of pyridine rings is 1. The summed E-state index contributed by atoms with van der Waals surface area (Å²) in [6.07, 6.45) is 3.76. The van der Waals surface area contributed by atoms with Crippen molar-refractivity contribution in [1.29, 1.82) is 0 Å². The number of rotatable bonds is 7. The second-order valence-electron chi connectivity index (χ2n) is 7.25. The molecule has 0 aliphatic heterocycles. The van der Waals surface area contributed by atoms with Crippen molar-refractivity contribution >= 4 is 21.8 Å². The van der Waals surface area contributed by atoms with Gasteiger partial charge in [0.05, 0.1) is 17.5 Å². The molecule has 0 atom stereocenters. The van der Waals surface area contributed by atoms with Crippen molar-refractivity contribution in [2.45, 2.75) is 38.6 Å². The number of sulfonamides is 1. The molecule has 0 spiro atoms. The molecule has 9 nitrogen and oxygen atoms in total. The summed E-state index contributed by atoms with van der Waals surface area (Å²) in [7, 11) is -0.417. The zero-order valence-corrected chi connectivity index (χ0v) is 17.3. The van der Waals surface area contributed by atoms with Gasteiger partial charge in [-0.2, -0.15) is 0 Å². The summed E-state index contributed by atoms with van der Waals surface area (Å²) in [4.78, 5) is 28.5. The summed E-state index contributed by atoms with van der Waals surface area (Å²) in [6, 6.07) is 1.46. The van der Waals surface area contributed by atoms with Gasteiger partial charge in [0.15, 0.2) is 0 Å². The number of aryl methyl sites for hydroxylation is 1. The topological polar surface area (TPSA) is 129 Å². The molecular weight excluding hydrogens is 384 g/mol. The van der Waals surface area contributed by atoms with Crippen LogP contribution in [-0.2, 0) is 14.8 Å². The molecule has 0 bridgehead atoms. The van der Waals surface area contributed by atoms with Gasteiger partial charge in [0.25, 0.3) is 5.91 Å². The molecular formula is C18H28N4O5S. The van der Waals surface area contributed by atoms with Crippen LogP contribution >= 0.6 is 0 Å². The van der Waals surface area contributed by atoms with Gasteiger partial charge in [0.1, 0.15) is 5.75 Å². The SMILES string of the molecule is Cc1cc(C(=O)NC2CCC(C(=O)NCCS(=O)(=O)N(C)C)CC2)c(O)cn1. The fraction of sp³-hybridized carbons (Fsp3) is 0.611. The minimum absolute atomic E-state index is 0.0708. The lowest BCUT2D eigenvalue weighted by Gasteiger charge is -2.28. The first-order valence-corrected chi connectivity index (χ1v) is 10.9. The van der Waals surface area contributed by atoms with E-state index in [1.165, 1.54) is 26.4 Å². The number of aromatic nitrogens is 1. The average Bonchev–Trinajstić information content (AvgIpc) is 2.63. The maximum absolute atomic E-state index is 12.4. The minimum Gasteiger partial charge on any atom is -0.505 e. The van der Waals surface area contributed by atoms with Crippen molar-refractivity contribution in [3.05, 3.63) is 23.5 Å². The van der Waals surface area contributed by atoms with E-state index in [0.29, 0.717) is 31.4 Å². The molecule has 0 unspecified atom stereocenters. The van der Waals surface area contributed by atoms with Crippen LogP contribution in [0, 0.1) is 12.8 Å². The second kappa shape index (κ2) is 9.33. The van der Waals surface area contributed by atoms with E-state index in [4.69, 9.17) is 0 Å². The van der Waals surface area contributed by atoms with Crippen LogP contribution in [0.5, 0.6) is 5.75 Å². The Labute approximate surface area is 165 Å². The third kappa shape index (κ3) is 5.90. The van der Waals surface area contributed by atoms with Gasteiger partial charge >= 0.3 is 0 Å². The highest BCUT2D eigenvalue weighted by Gasteiger charge is 2.28. The molecule has 0 radical (unpaired) electrons. The van der Waals surface area contributed by atoms with Crippen LogP contribution in [0.3, 0.4) is 0 Å². The van der Waals surface area contributed by atoms with E-state index in [2.05, 4.69) is 15.6 Å². The standard InChI is InChI=1S/C18H28N4O5S/c1-12-10-15(16(23)11-20-12)18(25)21-14-6-4-13(5-7-14)17(24)19-8-9-28(26,27)22(2)3/h10-11,13-14,23H,4-9H2,1-3H3,(H,19,24)(H,21,25). The summed E-state index contributed by atoms with van der Waals surface area (Å²) in [6.45, 7) is 1.82. The number of amides is 2. The van der Waals surface area contributed by atoms with Crippen molar-refractivity contribution in [3.8, 4) is 5.75 Å².